The first-order chi connectivity index (χ1) is 22.3. The number of primary amides is 1. The summed E-state index contributed by atoms with van der Waals surface area (Å²) in [6, 6.07) is 2.89. The number of aromatic nitrogens is 4. The van der Waals surface area contributed by atoms with Crippen LogP contribution in [0.5, 0.6) is 17.2 Å². The van der Waals surface area contributed by atoms with Crippen molar-refractivity contribution < 1.29 is 28.6 Å². The van der Waals surface area contributed by atoms with E-state index in [4.69, 9.17) is 31.8 Å². The van der Waals surface area contributed by atoms with Gasteiger partial charge in [0.25, 0.3) is 11.5 Å². The lowest BCUT2D eigenvalue weighted by molar-refractivity contribution is -0.116. The SMILES string of the molecule is C[C@H]1CNCCN1c1cc(NC(=O)Cn2cc(-c3cc(C(N)=O)c(O)c4c3OCO4)c3c(=O)n4c(nc32)CC(C)(C)C4)c(Cl)c(F)n1. The van der Waals surface area contributed by atoms with Gasteiger partial charge in [-0.25, -0.2) is 9.97 Å². The first-order valence-electron chi connectivity index (χ1n) is 15.0. The number of nitrogens with zero attached hydrogens (tertiary/aromatic N) is 5. The molecule has 5 N–H and O–H groups in total. The zero-order chi connectivity index (χ0) is 33.4. The van der Waals surface area contributed by atoms with Crippen molar-refractivity contribution in [3.05, 3.63) is 51.0 Å². The average Bonchev–Trinajstić information content (AvgIpc) is 3.72. The summed E-state index contributed by atoms with van der Waals surface area (Å²) >= 11 is 6.26. The summed E-state index contributed by atoms with van der Waals surface area (Å²) in [5.41, 5.74) is 5.54. The van der Waals surface area contributed by atoms with Crippen molar-refractivity contribution in [2.24, 2.45) is 11.1 Å². The molecule has 6 heterocycles. The molecule has 47 heavy (non-hydrogen) atoms. The van der Waals surface area contributed by atoms with Crippen LogP contribution < -0.4 is 36.3 Å². The minimum atomic E-state index is -0.918. The van der Waals surface area contributed by atoms with Crippen LogP contribution in [0.1, 0.15) is 37.0 Å². The van der Waals surface area contributed by atoms with E-state index in [1.807, 2.05) is 25.7 Å². The monoisotopic (exact) mass is 666 g/mol. The molecule has 14 nitrogen and oxygen atoms in total. The lowest BCUT2D eigenvalue weighted by Crippen LogP contribution is -2.50. The summed E-state index contributed by atoms with van der Waals surface area (Å²) in [5, 5.41) is 16.4. The smallest absolute Gasteiger partial charge is 0.263 e. The van der Waals surface area contributed by atoms with Gasteiger partial charge in [-0.05, 0) is 18.4 Å². The standard InChI is InChI=1S/C31H32ClFN8O6/c1-14-9-35-4-5-40(14)19-7-18(23(32)27(33)37-19)36-21(42)11-39-10-17(15-6-16(28(34)44)24(43)26-25(15)46-13-47-26)22-29(39)38-20-8-31(2,3)12-41(20)30(22)45/h6-7,10,14,35,43H,4-5,8-9,11-13H2,1-3H3,(H2,34,44)(H,36,37,42)/t14-/m0/s1. The molecule has 1 atom stereocenters. The molecule has 1 saturated heterocycles. The number of carbonyl (C=O) groups excluding carboxylic acids is 2. The number of benzene rings is 1. The molecule has 7 rings (SSSR count). The molecule has 246 valence electrons. The van der Waals surface area contributed by atoms with E-state index in [1.54, 1.807) is 10.8 Å². The number of hydrogen-bond acceptors (Lipinski definition) is 10. The summed E-state index contributed by atoms with van der Waals surface area (Å²) in [6.45, 7) is 7.85. The molecule has 0 spiro atoms. The molecule has 0 unspecified atom stereocenters. The maximum Gasteiger partial charge on any atom is 0.263 e. The molecule has 3 aliphatic heterocycles. The summed E-state index contributed by atoms with van der Waals surface area (Å²) in [6.07, 6.45) is 2.07. The number of anilines is 2. The number of ether oxygens (including phenoxy) is 2. The van der Waals surface area contributed by atoms with Crippen LogP contribution in [0.15, 0.2) is 23.1 Å². The van der Waals surface area contributed by atoms with E-state index in [9.17, 15) is 23.9 Å². The van der Waals surface area contributed by atoms with Gasteiger partial charge < -0.3 is 40.4 Å². The summed E-state index contributed by atoms with van der Waals surface area (Å²) < 4.78 is 29.1. The predicted molar refractivity (Wildman–Crippen MR) is 171 cm³/mol. The fourth-order valence-corrected chi connectivity index (χ4v) is 6.68. The molecule has 1 fully saturated rings. The van der Waals surface area contributed by atoms with Crippen molar-refractivity contribution in [3.63, 3.8) is 0 Å². The normalized spacial score (nSPS) is 18.1. The van der Waals surface area contributed by atoms with E-state index in [0.717, 1.165) is 0 Å². The Hall–Kier alpha value is -4.89. The molecule has 3 aromatic heterocycles. The Morgan fingerprint density at radius 2 is 2.00 bits per heavy atom. The number of piperazine rings is 1. The fourth-order valence-electron chi connectivity index (χ4n) is 6.54. The number of halogens is 2. The molecular formula is C31H32ClFN8O6. The number of amides is 2. The van der Waals surface area contributed by atoms with Crippen LogP contribution in [-0.2, 0) is 24.3 Å². The van der Waals surface area contributed by atoms with Gasteiger partial charge in [-0.2, -0.15) is 4.39 Å². The molecule has 16 heteroatoms. The van der Waals surface area contributed by atoms with Crippen LogP contribution in [-0.4, -0.2) is 68.5 Å². The van der Waals surface area contributed by atoms with Crippen molar-refractivity contribution in [1.29, 1.82) is 0 Å². The van der Waals surface area contributed by atoms with Crippen LogP contribution in [0.3, 0.4) is 0 Å². The quantitative estimate of drug-likeness (QED) is 0.224. The van der Waals surface area contributed by atoms with Gasteiger partial charge in [0, 0.05) is 62.0 Å². The van der Waals surface area contributed by atoms with E-state index >= 15 is 0 Å². The van der Waals surface area contributed by atoms with Gasteiger partial charge in [0.05, 0.1) is 16.6 Å². The van der Waals surface area contributed by atoms with Crippen LogP contribution in [0, 0.1) is 11.4 Å². The highest BCUT2D eigenvalue weighted by Crippen LogP contribution is 2.50. The van der Waals surface area contributed by atoms with Gasteiger partial charge in [-0.15, -0.1) is 0 Å². The predicted octanol–water partition coefficient (Wildman–Crippen LogP) is 2.60. The van der Waals surface area contributed by atoms with Crippen molar-refractivity contribution in [2.45, 2.75) is 46.3 Å². The van der Waals surface area contributed by atoms with Crippen molar-refractivity contribution >= 4 is 46.0 Å². The second-order valence-electron chi connectivity index (χ2n) is 12.8. The third kappa shape index (κ3) is 5.19. The maximum absolute atomic E-state index is 14.9. The van der Waals surface area contributed by atoms with E-state index in [2.05, 4.69) is 15.6 Å². The van der Waals surface area contributed by atoms with E-state index < -0.39 is 23.5 Å². The number of fused-ring (bicyclic) bond motifs is 3. The van der Waals surface area contributed by atoms with Gasteiger partial charge in [-0.1, -0.05) is 25.4 Å². The first kappa shape index (κ1) is 30.7. The lowest BCUT2D eigenvalue weighted by Gasteiger charge is -2.35. The number of rotatable bonds is 6. The molecular weight excluding hydrogens is 635 g/mol. The third-order valence-electron chi connectivity index (χ3n) is 8.74. The molecule has 1 aromatic carbocycles. The van der Waals surface area contributed by atoms with Gasteiger partial charge >= 0.3 is 0 Å². The van der Waals surface area contributed by atoms with E-state index in [0.29, 0.717) is 44.2 Å². The molecule has 3 aliphatic rings. The highest BCUT2D eigenvalue weighted by molar-refractivity contribution is 6.33. The summed E-state index contributed by atoms with van der Waals surface area (Å²) in [7, 11) is 0. The number of phenols is 1. The zero-order valence-electron chi connectivity index (χ0n) is 25.8. The number of nitrogens with two attached hydrogens (primary N) is 1. The van der Waals surface area contributed by atoms with Crippen LogP contribution in [0.25, 0.3) is 22.2 Å². The van der Waals surface area contributed by atoms with Crippen molar-refractivity contribution in [2.75, 3.05) is 36.6 Å². The third-order valence-corrected chi connectivity index (χ3v) is 9.10. The van der Waals surface area contributed by atoms with Gasteiger partial charge in [0.1, 0.15) is 28.9 Å². The second kappa shape index (κ2) is 11.1. The van der Waals surface area contributed by atoms with Crippen molar-refractivity contribution in [3.8, 4) is 28.4 Å². The first-order valence-corrected chi connectivity index (χ1v) is 15.4. The number of aromatic hydroxyl groups is 1. The van der Waals surface area contributed by atoms with E-state index in [-0.39, 0.29) is 80.3 Å². The van der Waals surface area contributed by atoms with Crippen molar-refractivity contribution in [1.82, 2.24) is 24.4 Å². The Balaban J connectivity index is 1.32. The van der Waals surface area contributed by atoms with Gasteiger partial charge in [0.2, 0.25) is 24.4 Å². The number of carbonyl (C=O) groups is 2. The van der Waals surface area contributed by atoms with E-state index in [1.165, 1.54) is 16.7 Å². The largest absolute Gasteiger partial charge is 0.504 e. The molecule has 0 saturated carbocycles. The number of hydrogen-bond donors (Lipinski definition) is 4. The summed E-state index contributed by atoms with van der Waals surface area (Å²) in [4.78, 5) is 50.7. The van der Waals surface area contributed by atoms with Crippen LogP contribution >= 0.6 is 11.6 Å². The Labute approximate surface area is 272 Å². The highest BCUT2D eigenvalue weighted by atomic mass is 35.5. The minimum Gasteiger partial charge on any atom is -0.504 e. The fraction of sp³-hybridized carbons (Fsp3) is 0.387. The molecule has 0 aliphatic carbocycles. The Morgan fingerprint density at radius 3 is 2.74 bits per heavy atom. The molecule has 2 amide bonds. The molecule has 4 aromatic rings. The number of nitrogens with one attached hydrogen (secondary N) is 2. The number of pyridine rings is 1. The molecule has 0 bridgehead atoms. The van der Waals surface area contributed by atoms with Gasteiger partial charge in [-0.3, -0.25) is 19.0 Å². The minimum absolute atomic E-state index is 0.0350. The average molecular weight is 667 g/mol. The lowest BCUT2D eigenvalue weighted by atomic mass is 9.92. The van der Waals surface area contributed by atoms with Crippen LogP contribution in [0.2, 0.25) is 5.02 Å². The maximum atomic E-state index is 14.9. The second-order valence-corrected chi connectivity index (χ2v) is 13.2. The highest BCUT2D eigenvalue weighted by Gasteiger charge is 2.35. The zero-order valence-corrected chi connectivity index (χ0v) is 26.6. The Morgan fingerprint density at radius 1 is 1.23 bits per heavy atom. The molecule has 0 radical (unpaired) electrons. The van der Waals surface area contributed by atoms with Crippen LogP contribution in [0.4, 0.5) is 15.9 Å². The topological polar surface area (TPSA) is 179 Å². The summed E-state index contributed by atoms with van der Waals surface area (Å²) in [5.74, 6) is -1.97. The Bertz CT molecular complexity index is 2060. The Kier molecular flexibility index (Phi) is 7.28. The van der Waals surface area contributed by atoms with Gasteiger partial charge in [0.15, 0.2) is 11.5 Å².